The molecular weight excluding hydrogens is 235 g/mol. The SMILES string of the molecule is CCCCNC(=S)N(CC)c1ccccc1F. The zero-order valence-electron chi connectivity index (χ0n) is 10.4. The summed E-state index contributed by atoms with van der Waals surface area (Å²) in [6.07, 6.45) is 2.18. The molecule has 1 N–H and O–H groups in total. The second kappa shape index (κ2) is 7.22. The zero-order valence-corrected chi connectivity index (χ0v) is 11.2. The molecule has 0 bridgehead atoms. The van der Waals surface area contributed by atoms with Gasteiger partial charge in [0.1, 0.15) is 5.82 Å². The minimum atomic E-state index is -0.242. The van der Waals surface area contributed by atoms with Crippen molar-refractivity contribution in [1.82, 2.24) is 5.32 Å². The van der Waals surface area contributed by atoms with Crippen molar-refractivity contribution in [3.8, 4) is 0 Å². The fraction of sp³-hybridized carbons (Fsp3) is 0.462. The molecule has 0 atom stereocenters. The van der Waals surface area contributed by atoms with E-state index < -0.39 is 0 Å². The summed E-state index contributed by atoms with van der Waals surface area (Å²) in [5.41, 5.74) is 0.531. The predicted octanol–water partition coefficient (Wildman–Crippen LogP) is 3.33. The lowest BCUT2D eigenvalue weighted by Gasteiger charge is -2.24. The number of nitrogens with zero attached hydrogens (tertiary/aromatic N) is 1. The van der Waals surface area contributed by atoms with E-state index in [1.54, 1.807) is 17.0 Å². The van der Waals surface area contributed by atoms with Crippen molar-refractivity contribution in [3.05, 3.63) is 30.1 Å². The van der Waals surface area contributed by atoms with Crippen LogP contribution in [0.1, 0.15) is 26.7 Å². The van der Waals surface area contributed by atoms with Gasteiger partial charge in [0.2, 0.25) is 0 Å². The van der Waals surface area contributed by atoms with Gasteiger partial charge < -0.3 is 10.2 Å². The second-order valence-electron chi connectivity index (χ2n) is 3.78. The van der Waals surface area contributed by atoms with Crippen LogP contribution in [-0.2, 0) is 0 Å². The van der Waals surface area contributed by atoms with Gasteiger partial charge in [0.25, 0.3) is 0 Å². The van der Waals surface area contributed by atoms with Gasteiger partial charge in [-0.1, -0.05) is 25.5 Å². The van der Waals surface area contributed by atoms with E-state index in [2.05, 4.69) is 12.2 Å². The lowest BCUT2D eigenvalue weighted by molar-refractivity contribution is 0.626. The van der Waals surface area contributed by atoms with E-state index in [-0.39, 0.29) is 5.82 Å². The fourth-order valence-corrected chi connectivity index (χ4v) is 1.89. The molecule has 0 heterocycles. The third-order valence-corrected chi connectivity index (χ3v) is 2.88. The van der Waals surface area contributed by atoms with Gasteiger partial charge in [0, 0.05) is 13.1 Å². The molecule has 94 valence electrons. The van der Waals surface area contributed by atoms with Crippen LogP contribution in [0.2, 0.25) is 0 Å². The minimum Gasteiger partial charge on any atom is -0.362 e. The molecule has 0 aliphatic rings. The number of rotatable bonds is 5. The first-order valence-corrected chi connectivity index (χ1v) is 6.41. The summed E-state index contributed by atoms with van der Waals surface area (Å²) in [5, 5.41) is 3.74. The van der Waals surface area contributed by atoms with Crippen LogP contribution in [0.5, 0.6) is 0 Å². The second-order valence-corrected chi connectivity index (χ2v) is 4.17. The van der Waals surface area contributed by atoms with Crippen LogP contribution in [0.3, 0.4) is 0 Å². The first-order chi connectivity index (χ1) is 8.20. The summed E-state index contributed by atoms with van der Waals surface area (Å²) in [5.74, 6) is -0.242. The van der Waals surface area contributed by atoms with Crippen LogP contribution in [0.25, 0.3) is 0 Å². The number of para-hydroxylation sites is 1. The number of nitrogens with one attached hydrogen (secondary N) is 1. The monoisotopic (exact) mass is 254 g/mol. The number of halogens is 1. The van der Waals surface area contributed by atoms with Gasteiger partial charge in [-0.3, -0.25) is 0 Å². The number of thiocarbonyl (C=S) groups is 1. The van der Waals surface area contributed by atoms with Gasteiger partial charge in [0.05, 0.1) is 5.69 Å². The molecule has 17 heavy (non-hydrogen) atoms. The van der Waals surface area contributed by atoms with Crippen molar-refractivity contribution < 1.29 is 4.39 Å². The Morgan fingerprint density at radius 3 is 2.65 bits per heavy atom. The first-order valence-electron chi connectivity index (χ1n) is 6.00. The summed E-state index contributed by atoms with van der Waals surface area (Å²) in [6.45, 7) is 5.57. The molecule has 0 unspecified atom stereocenters. The topological polar surface area (TPSA) is 15.3 Å². The highest BCUT2D eigenvalue weighted by molar-refractivity contribution is 7.80. The summed E-state index contributed by atoms with van der Waals surface area (Å²) in [4.78, 5) is 1.78. The van der Waals surface area contributed by atoms with Crippen molar-refractivity contribution >= 4 is 23.0 Å². The van der Waals surface area contributed by atoms with Crippen molar-refractivity contribution in [2.75, 3.05) is 18.0 Å². The van der Waals surface area contributed by atoms with E-state index in [9.17, 15) is 4.39 Å². The molecule has 0 amide bonds. The third-order valence-electron chi connectivity index (χ3n) is 2.51. The van der Waals surface area contributed by atoms with Gasteiger partial charge in [-0.2, -0.15) is 0 Å². The molecule has 0 saturated carbocycles. The Bertz CT molecular complexity index is 368. The third kappa shape index (κ3) is 3.97. The maximum atomic E-state index is 13.6. The van der Waals surface area contributed by atoms with E-state index in [1.807, 2.05) is 13.0 Å². The molecule has 1 aromatic rings. The predicted molar refractivity (Wildman–Crippen MR) is 74.9 cm³/mol. The van der Waals surface area contributed by atoms with Gasteiger partial charge in [-0.15, -0.1) is 0 Å². The minimum absolute atomic E-state index is 0.242. The Morgan fingerprint density at radius 1 is 1.35 bits per heavy atom. The van der Waals surface area contributed by atoms with Crippen molar-refractivity contribution in [2.45, 2.75) is 26.7 Å². The molecule has 0 fully saturated rings. The number of unbranched alkanes of at least 4 members (excludes halogenated alkanes) is 1. The van der Waals surface area contributed by atoms with Crippen molar-refractivity contribution in [3.63, 3.8) is 0 Å². The highest BCUT2D eigenvalue weighted by Gasteiger charge is 2.12. The quantitative estimate of drug-likeness (QED) is 0.641. The highest BCUT2D eigenvalue weighted by Crippen LogP contribution is 2.18. The lowest BCUT2D eigenvalue weighted by Crippen LogP contribution is -2.40. The summed E-state index contributed by atoms with van der Waals surface area (Å²) < 4.78 is 13.6. The van der Waals surface area contributed by atoms with E-state index in [0.717, 1.165) is 19.4 Å². The summed E-state index contributed by atoms with van der Waals surface area (Å²) >= 11 is 5.28. The standard InChI is InChI=1S/C13H19FN2S/c1-3-5-10-15-13(17)16(4-2)12-9-7-6-8-11(12)14/h6-9H,3-5,10H2,1-2H3,(H,15,17). The summed E-state index contributed by atoms with van der Waals surface area (Å²) in [7, 11) is 0. The molecular formula is C13H19FN2S. The van der Waals surface area contributed by atoms with Crippen LogP contribution >= 0.6 is 12.2 Å². The number of anilines is 1. The molecule has 0 aliphatic heterocycles. The average molecular weight is 254 g/mol. The Kier molecular flexibility index (Phi) is 5.91. The molecule has 0 saturated heterocycles. The molecule has 1 rings (SSSR count). The Morgan fingerprint density at radius 2 is 2.06 bits per heavy atom. The van der Waals surface area contributed by atoms with Gasteiger partial charge in [0.15, 0.2) is 5.11 Å². The maximum absolute atomic E-state index is 13.6. The molecule has 0 aliphatic carbocycles. The molecule has 2 nitrogen and oxygen atoms in total. The molecule has 0 aromatic heterocycles. The number of hydrogen-bond acceptors (Lipinski definition) is 1. The molecule has 0 radical (unpaired) electrons. The number of hydrogen-bond donors (Lipinski definition) is 1. The van der Waals surface area contributed by atoms with Crippen molar-refractivity contribution in [2.24, 2.45) is 0 Å². The normalized spacial score (nSPS) is 10.1. The Labute approximate surface area is 108 Å². The van der Waals surface area contributed by atoms with E-state index in [0.29, 0.717) is 17.3 Å². The van der Waals surface area contributed by atoms with Crippen LogP contribution < -0.4 is 10.2 Å². The highest BCUT2D eigenvalue weighted by atomic mass is 32.1. The van der Waals surface area contributed by atoms with Crippen LogP contribution in [0.4, 0.5) is 10.1 Å². The fourth-order valence-electron chi connectivity index (χ4n) is 1.56. The van der Waals surface area contributed by atoms with E-state index in [1.165, 1.54) is 6.07 Å². The van der Waals surface area contributed by atoms with Gasteiger partial charge in [-0.05, 0) is 37.7 Å². The van der Waals surface area contributed by atoms with Crippen LogP contribution in [0.15, 0.2) is 24.3 Å². The Hall–Kier alpha value is -1.16. The smallest absolute Gasteiger partial charge is 0.173 e. The van der Waals surface area contributed by atoms with Crippen LogP contribution in [-0.4, -0.2) is 18.2 Å². The maximum Gasteiger partial charge on any atom is 0.173 e. The van der Waals surface area contributed by atoms with E-state index >= 15 is 0 Å². The molecule has 4 heteroatoms. The lowest BCUT2D eigenvalue weighted by atomic mass is 10.3. The average Bonchev–Trinajstić information content (AvgIpc) is 2.33. The zero-order chi connectivity index (χ0) is 12.7. The van der Waals surface area contributed by atoms with Crippen LogP contribution in [0, 0.1) is 5.82 Å². The van der Waals surface area contributed by atoms with Gasteiger partial charge >= 0.3 is 0 Å². The summed E-state index contributed by atoms with van der Waals surface area (Å²) in [6, 6.07) is 6.69. The molecule has 1 aromatic carbocycles. The van der Waals surface area contributed by atoms with Gasteiger partial charge in [-0.25, -0.2) is 4.39 Å². The largest absolute Gasteiger partial charge is 0.362 e. The number of benzene rings is 1. The first kappa shape index (κ1) is 13.9. The van der Waals surface area contributed by atoms with Crippen molar-refractivity contribution in [1.29, 1.82) is 0 Å². The Balaban J connectivity index is 2.71. The molecule has 0 spiro atoms. The van der Waals surface area contributed by atoms with E-state index in [4.69, 9.17) is 12.2 Å².